The first-order valence-electron chi connectivity index (χ1n) is 9.76. The molecule has 0 radical (unpaired) electrons. The lowest BCUT2D eigenvalue weighted by Crippen LogP contribution is -2.34. The van der Waals surface area contributed by atoms with E-state index in [1.807, 2.05) is 0 Å². The topological polar surface area (TPSA) is 64.7 Å². The molecule has 0 amide bonds. The van der Waals surface area contributed by atoms with Gasteiger partial charge in [0.25, 0.3) is 0 Å². The zero-order valence-corrected chi connectivity index (χ0v) is 15.9. The fraction of sp³-hybridized carbons (Fsp3) is 0.500. The van der Waals surface area contributed by atoms with Crippen LogP contribution in [0.3, 0.4) is 0 Å². The van der Waals surface area contributed by atoms with E-state index in [0.717, 1.165) is 44.0 Å². The van der Waals surface area contributed by atoms with Crippen molar-refractivity contribution >= 4 is 0 Å². The van der Waals surface area contributed by atoms with Crippen LogP contribution in [0.5, 0.6) is 0 Å². The van der Waals surface area contributed by atoms with E-state index in [1.165, 1.54) is 18.5 Å². The van der Waals surface area contributed by atoms with Gasteiger partial charge in [-0.25, -0.2) is 9.67 Å². The molecule has 7 nitrogen and oxygen atoms in total. The van der Waals surface area contributed by atoms with Crippen molar-refractivity contribution in [3.05, 3.63) is 60.2 Å². The van der Waals surface area contributed by atoms with Gasteiger partial charge in [-0.3, -0.25) is 0 Å². The molecular weight excluding hydrogens is 338 g/mol. The van der Waals surface area contributed by atoms with E-state index in [2.05, 4.69) is 67.1 Å². The summed E-state index contributed by atoms with van der Waals surface area (Å²) in [6.45, 7) is 4.08. The fourth-order valence-corrected chi connectivity index (χ4v) is 3.89. The summed E-state index contributed by atoms with van der Waals surface area (Å²) in [5, 5.41) is 13.0. The Kier molecular flexibility index (Phi) is 5.58. The van der Waals surface area contributed by atoms with Crippen LogP contribution in [0.4, 0.5) is 0 Å². The Balaban J connectivity index is 1.26. The van der Waals surface area contributed by atoms with E-state index < -0.39 is 0 Å². The maximum Gasteiger partial charge on any atom is 0.154 e. The second-order valence-electron chi connectivity index (χ2n) is 7.33. The van der Waals surface area contributed by atoms with Gasteiger partial charge in [0.1, 0.15) is 25.0 Å². The highest BCUT2D eigenvalue weighted by Gasteiger charge is 2.25. The monoisotopic (exact) mass is 365 g/mol. The number of benzene rings is 1. The van der Waals surface area contributed by atoms with Crippen LogP contribution >= 0.6 is 0 Å². The lowest BCUT2D eigenvalue weighted by Gasteiger charge is -2.31. The molecule has 1 saturated heterocycles. The third-order valence-corrected chi connectivity index (χ3v) is 5.50. The van der Waals surface area contributed by atoms with Gasteiger partial charge >= 0.3 is 0 Å². The number of nitrogens with zero attached hydrogens (tertiary/aromatic N) is 7. The minimum atomic E-state index is 0.498. The van der Waals surface area contributed by atoms with Crippen LogP contribution in [0, 0.1) is 0 Å². The summed E-state index contributed by atoms with van der Waals surface area (Å²) in [6, 6.07) is 10.8. The quantitative estimate of drug-likeness (QED) is 0.643. The Morgan fingerprint density at radius 3 is 2.63 bits per heavy atom. The summed E-state index contributed by atoms with van der Waals surface area (Å²) in [6.07, 6.45) is 7.95. The van der Waals surface area contributed by atoms with Crippen LogP contribution in [0.1, 0.15) is 42.4 Å². The van der Waals surface area contributed by atoms with Gasteiger partial charge in [0.2, 0.25) is 0 Å². The van der Waals surface area contributed by atoms with E-state index in [4.69, 9.17) is 0 Å². The zero-order valence-electron chi connectivity index (χ0n) is 15.9. The van der Waals surface area contributed by atoms with Crippen LogP contribution in [0.15, 0.2) is 43.0 Å². The molecule has 2 aromatic heterocycles. The third kappa shape index (κ3) is 4.42. The summed E-state index contributed by atoms with van der Waals surface area (Å²) in [5.41, 5.74) is 1.44. The van der Waals surface area contributed by atoms with Crippen molar-refractivity contribution < 1.29 is 0 Å². The molecule has 1 aliphatic rings. The molecule has 3 heterocycles. The molecule has 0 saturated carbocycles. The van der Waals surface area contributed by atoms with Crippen molar-refractivity contribution in [3.8, 4) is 0 Å². The first-order chi connectivity index (χ1) is 13.3. The standard InChI is InChI=1S/C20H27N7/c1-25-19(14-27-16-21-15-22-27)23-24-20(25)18-9-12-26(13-10-18)11-5-8-17-6-3-2-4-7-17/h2-4,6-7,15-16,18H,5,8-14H2,1H3. The largest absolute Gasteiger partial charge is 0.316 e. The van der Waals surface area contributed by atoms with Gasteiger partial charge < -0.3 is 9.47 Å². The Labute approximate surface area is 160 Å². The maximum atomic E-state index is 4.48. The van der Waals surface area contributed by atoms with Crippen molar-refractivity contribution in [2.24, 2.45) is 7.05 Å². The first kappa shape index (κ1) is 17.9. The van der Waals surface area contributed by atoms with Gasteiger partial charge in [-0.2, -0.15) is 5.10 Å². The zero-order chi connectivity index (χ0) is 18.5. The highest BCUT2D eigenvalue weighted by Crippen LogP contribution is 2.27. The van der Waals surface area contributed by atoms with E-state index in [-0.39, 0.29) is 0 Å². The Morgan fingerprint density at radius 2 is 1.89 bits per heavy atom. The average Bonchev–Trinajstić information content (AvgIpc) is 3.34. The summed E-state index contributed by atoms with van der Waals surface area (Å²) >= 11 is 0. The number of likely N-dealkylation sites (tertiary alicyclic amines) is 1. The van der Waals surface area contributed by atoms with Gasteiger partial charge in [-0.05, 0) is 50.9 Å². The number of aryl methyl sites for hydroxylation is 1. The molecule has 0 atom stereocenters. The van der Waals surface area contributed by atoms with Gasteiger partial charge in [-0.1, -0.05) is 30.3 Å². The summed E-state index contributed by atoms with van der Waals surface area (Å²) in [4.78, 5) is 6.58. The van der Waals surface area contributed by atoms with Crippen molar-refractivity contribution in [1.82, 2.24) is 34.4 Å². The van der Waals surface area contributed by atoms with Crippen molar-refractivity contribution in [2.75, 3.05) is 19.6 Å². The number of aromatic nitrogens is 6. The Hall–Kier alpha value is -2.54. The number of rotatable bonds is 7. The summed E-state index contributed by atoms with van der Waals surface area (Å²) in [5.74, 6) is 2.53. The lowest BCUT2D eigenvalue weighted by atomic mass is 9.95. The number of hydrogen-bond acceptors (Lipinski definition) is 5. The molecule has 0 spiro atoms. The smallest absolute Gasteiger partial charge is 0.154 e. The molecule has 142 valence electrons. The van der Waals surface area contributed by atoms with Crippen molar-refractivity contribution in [3.63, 3.8) is 0 Å². The molecule has 1 fully saturated rings. The van der Waals surface area contributed by atoms with Crippen molar-refractivity contribution in [1.29, 1.82) is 0 Å². The molecule has 1 aliphatic heterocycles. The predicted octanol–water partition coefficient (Wildman–Crippen LogP) is 2.27. The molecule has 0 unspecified atom stereocenters. The van der Waals surface area contributed by atoms with E-state index in [1.54, 1.807) is 17.3 Å². The van der Waals surface area contributed by atoms with Gasteiger partial charge in [0, 0.05) is 13.0 Å². The summed E-state index contributed by atoms with van der Waals surface area (Å²) < 4.78 is 3.92. The maximum absolute atomic E-state index is 4.48. The minimum absolute atomic E-state index is 0.498. The third-order valence-electron chi connectivity index (χ3n) is 5.50. The molecular formula is C20H27N7. The molecule has 3 aromatic rings. The Morgan fingerprint density at radius 1 is 1.07 bits per heavy atom. The SMILES string of the molecule is Cn1c(Cn2cncn2)nnc1C1CCN(CCCc2ccccc2)CC1. The molecule has 7 heteroatoms. The molecule has 4 rings (SSSR count). The second-order valence-corrected chi connectivity index (χ2v) is 7.33. The van der Waals surface area contributed by atoms with Gasteiger partial charge in [0.05, 0.1) is 0 Å². The van der Waals surface area contributed by atoms with Crippen molar-refractivity contribution in [2.45, 2.75) is 38.1 Å². The van der Waals surface area contributed by atoms with E-state index >= 15 is 0 Å². The molecule has 0 N–H and O–H groups in total. The van der Waals surface area contributed by atoms with Crippen LogP contribution in [-0.2, 0) is 20.0 Å². The van der Waals surface area contributed by atoms with Crippen LogP contribution in [0.25, 0.3) is 0 Å². The average molecular weight is 365 g/mol. The highest BCUT2D eigenvalue weighted by molar-refractivity contribution is 5.14. The molecule has 27 heavy (non-hydrogen) atoms. The molecule has 0 bridgehead atoms. The number of hydrogen-bond donors (Lipinski definition) is 0. The Bertz CT molecular complexity index is 817. The second kappa shape index (κ2) is 8.43. The minimum Gasteiger partial charge on any atom is -0.316 e. The normalized spacial score (nSPS) is 16.0. The molecule has 1 aromatic carbocycles. The summed E-state index contributed by atoms with van der Waals surface area (Å²) in [7, 11) is 2.06. The van der Waals surface area contributed by atoms with Crippen LogP contribution in [0.2, 0.25) is 0 Å². The number of piperidine rings is 1. The van der Waals surface area contributed by atoms with Crippen LogP contribution < -0.4 is 0 Å². The predicted molar refractivity (Wildman–Crippen MR) is 103 cm³/mol. The lowest BCUT2D eigenvalue weighted by molar-refractivity contribution is 0.206. The van der Waals surface area contributed by atoms with E-state index in [0.29, 0.717) is 12.5 Å². The van der Waals surface area contributed by atoms with Crippen LogP contribution in [-0.4, -0.2) is 54.1 Å². The first-order valence-corrected chi connectivity index (χ1v) is 9.76. The van der Waals surface area contributed by atoms with Gasteiger partial charge in [0.15, 0.2) is 5.82 Å². The van der Waals surface area contributed by atoms with E-state index in [9.17, 15) is 0 Å². The fourth-order valence-electron chi connectivity index (χ4n) is 3.89. The van der Waals surface area contributed by atoms with Gasteiger partial charge in [-0.15, -0.1) is 10.2 Å². The molecule has 0 aliphatic carbocycles. The highest BCUT2D eigenvalue weighted by atomic mass is 15.4.